The van der Waals surface area contributed by atoms with Crippen molar-refractivity contribution >= 4 is 10.0 Å². The van der Waals surface area contributed by atoms with Crippen LogP contribution in [0.3, 0.4) is 0 Å². The van der Waals surface area contributed by atoms with E-state index in [2.05, 4.69) is 28.9 Å². The fourth-order valence-corrected chi connectivity index (χ4v) is 6.17. The number of para-hydroxylation sites is 1. The van der Waals surface area contributed by atoms with E-state index >= 15 is 0 Å². The number of sulfonamides is 1. The molecule has 3 atom stereocenters. The average Bonchev–Trinajstić information content (AvgIpc) is 2.82. The maximum Gasteiger partial charge on any atom is 0.213 e. The van der Waals surface area contributed by atoms with E-state index in [1.807, 2.05) is 36.4 Å². The maximum absolute atomic E-state index is 12.6. The Morgan fingerprint density at radius 1 is 1.06 bits per heavy atom. The molecule has 0 unspecified atom stereocenters. The topological polar surface area (TPSA) is 70.1 Å². The van der Waals surface area contributed by atoms with Crippen molar-refractivity contribution in [1.29, 1.82) is 0 Å². The second kappa shape index (κ2) is 10.3. The van der Waals surface area contributed by atoms with Gasteiger partial charge in [-0.05, 0) is 56.1 Å². The number of methoxy groups -OCH3 is 1. The van der Waals surface area contributed by atoms with Gasteiger partial charge in [0, 0.05) is 36.7 Å². The fourth-order valence-electron chi connectivity index (χ4n) is 5.02. The van der Waals surface area contributed by atoms with Gasteiger partial charge in [0.25, 0.3) is 0 Å². The molecule has 0 amide bonds. The number of ether oxygens (including phenoxy) is 1. The lowest BCUT2D eigenvalue weighted by Crippen LogP contribution is -2.67. The zero-order chi connectivity index (χ0) is 23.4. The normalized spacial score (nSPS) is 23.9. The summed E-state index contributed by atoms with van der Waals surface area (Å²) in [5.74, 6) is 7.33. The van der Waals surface area contributed by atoms with Gasteiger partial charge in [0.05, 0.1) is 25.0 Å². The van der Waals surface area contributed by atoms with Crippen molar-refractivity contribution in [1.82, 2.24) is 9.21 Å². The molecule has 176 valence electrons. The summed E-state index contributed by atoms with van der Waals surface area (Å²) >= 11 is 0. The zero-order valence-corrected chi connectivity index (χ0v) is 20.1. The van der Waals surface area contributed by atoms with E-state index in [0.29, 0.717) is 13.1 Å². The first-order valence-electron chi connectivity index (χ1n) is 11.6. The summed E-state index contributed by atoms with van der Waals surface area (Å²) in [7, 11) is -1.61. The monoisotopic (exact) mass is 468 g/mol. The van der Waals surface area contributed by atoms with E-state index in [1.54, 1.807) is 18.3 Å². The molecular formula is C26H32N2O4S. The van der Waals surface area contributed by atoms with Crippen molar-refractivity contribution in [2.75, 3.05) is 39.1 Å². The average molecular weight is 469 g/mol. The van der Waals surface area contributed by atoms with E-state index in [4.69, 9.17) is 4.74 Å². The van der Waals surface area contributed by atoms with Crippen LogP contribution < -0.4 is 4.74 Å². The summed E-state index contributed by atoms with van der Waals surface area (Å²) in [4.78, 5) is 2.29. The lowest BCUT2D eigenvalue weighted by Gasteiger charge is -2.57. The highest BCUT2D eigenvalue weighted by molar-refractivity contribution is 7.89. The van der Waals surface area contributed by atoms with Gasteiger partial charge >= 0.3 is 0 Å². The lowest BCUT2D eigenvalue weighted by molar-refractivity contribution is -0.0553. The first-order chi connectivity index (χ1) is 16.0. The molecular weight excluding hydrogens is 436 g/mol. The van der Waals surface area contributed by atoms with Gasteiger partial charge in [-0.2, -0.15) is 0 Å². The highest BCUT2D eigenvalue weighted by atomic mass is 32.2. The van der Waals surface area contributed by atoms with Crippen LogP contribution in [0.4, 0.5) is 0 Å². The minimum Gasteiger partial charge on any atom is -0.495 e. The molecule has 0 radical (unpaired) electrons. The number of rotatable bonds is 5. The summed E-state index contributed by atoms with van der Waals surface area (Å²) in [5.41, 5.74) is 2.85. The van der Waals surface area contributed by atoms with Crippen LogP contribution in [0.5, 0.6) is 5.75 Å². The molecule has 2 heterocycles. The molecule has 2 aliphatic heterocycles. The van der Waals surface area contributed by atoms with E-state index in [0.717, 1.165) is 41.8 Å². The zero-order valence-electron chi connectivity index (χ0n) is 19.3. The predicted octanol–water partition coefficient (Wildman–Crippen LogP) is 2.67. The van der Waals surface area contributed by atoms with Crippen molar-refractivity contribution in [2.45, 2.75) is 37.8 Å². The molecule has 1 N–H and O–H groups in total. The highest BCUT2D eigenvalue weighted by Crippen LogP contribution is 2.42. The smallest absolute Gasteiger partial charge is 0.213 e. The molecule has 0 aliphatic carbocycles. The molecule has 0 bridgehead atoms. The van der Waals surface area contributed by atoms with Crippen LogP contribution in [0.25, 0.3) is 0 Å². The minimum absolute atomic E-state index is 0.0183. The third-order valence-corrected chi connectivity index (χ3v) is 8.68. The van der Waals surface area contributed by atoms with Crippen molar-refractivity contribution in [3.63, 3.8) is 0 Å². The van der Waals surface area contributed by atoms with Crippen LogP contribution in [-0.2, 0) is 10.0 Å². The second-order valence-electron chi connectivity index (χ2n) is 8.62. The summed E-state index contributed by atoms with van der Waals surface area (Å²) < 4.78 is 32.2. The van der Waals surface area contributed by atoms with E-state index in [-0.39, 0.29) is 30.4 Å². The summed E-state index contributed by atoms with van der Waals surface area (Å²) in [6, 6.07) is 15.9. The summed E-state index contributed by atoms with van der Waals surface area (Å²) in [6.07, 6.45) is 1.79. The first-order valence-corrected chi connectivity index (χ1v) is 13.2. The largest absolute Gasteiger partial charge is 0.495 e. The Morgan fingerprint density at radius 2 is 1.79 bits per heavy atom. The molecule has 33 heavy (non-hydrogen) atoms. The Kier molecular flexibility index (Phi) is 7.40. The molecule has 0 aromatic heterocycles. The molecule has 2 saturated heterocycles. The number of aliphatic hydroxyl groups excluding tert-OH is 1. The van der Waals surface area contributed by atoms with Crippen LogP contribution in [-0.4, -0.2) is 73.9 Å². The Balaban J connectivity index is 1.55. The van der Waals surface area contributed by atoms with Crippen molar-refractivity contribution in [3.8, 4) is 17.6 Å². The van der Waals surface area contributed by atoms with Crippen LogP contribution in [0.2, 0.25) is 0 Å². The van der Waals surface area contributed by atoms with E-state index in [9.17, 15) is 13.5 Å². The number of hydrogen-bond acceptors (Lipinski definition) is 5. The van der Waals surface area contributed by atoms with Gasteiger partial charge < -0.3 is 9.84 Å². The standard InChI is InChI=1S/C26H32N2O4S/c1-3-33(30,31)27-16-6-7-17-28-23(18-27)26(24(28)19-29)22-14-11-20(12-15-22)10-13-21-8-4-5-9-25(21)32-2/h4-5,8-9,11-12,14-15,23-24,26,29H,3,6-7,16-19H2,1-2H3/t23-,24-,26-/m0/s1. The van der Waals surface area contributed by atoms with Crippen molar-refractivity contribution in [2.24, 2.45) is 0 Å². The number of aliphatic hydroxyl groups is 1. The summed E-state index contributed by atoms with van der Waals surface area (Å²) in [6.45, 7) is 3.72. The van der Waals surface area contributed by atoms with Gasteiger partial charge in [-0.25, -0.2) is 12.7 Å². The lowest BCUT2D eigenvalue weighted by atomic mass is 9.74. The number of benzene rings is 2. The van der Waals surface area contributed by atoms with E-state index < -0.39 is 10.0 Å². The quantitative estimate of drug-likeness (QED) is 0.684. The number of hydrogen-bond donors (Lipinski definition) is 1. The molecule has 2 aliphatic rings. The van der Waals surface area contributed by atoms with Gasteiger partial charge in [0.2, 0.25) is 10.0 Å². The first kappa shape index (κ1) is 23.8. The third kappa shape index (κ3) is 4.95. The molecule has 2 aromatic carbocycles. The molecule has 7 heteroatoms. The van der Waals surface area contributed by atoms with Crippen LogP contribution in [0.1, 0.15) is 42.4 Å². The Morgan fingerprint density at radius 3 is 2.48 bits per heavy atom. The van der Waals surface area contributed by atoms with Gasteiger partial charge in [-0.15, -0.1) is 0 Å². The predicted molar refractivity (Wildman–Crippen MR) is 130 cm³/mol. The fraction of sp³-hybridized carbons (Fsp3) is 0.462. The Labute approximate surface area is 197 Å². The molecule has 4 rings (SSSR count). The van der Waals surface area contributed by atoms with Crippen molar-refractivity contribution in [3.05, 3.63) is 65.2 Å². The molecule has 2 fully saturated rings. The third-order valence-electron chi connectivity index (χ3n) is 6.83. The maximum atomic E-state index is 12.6. The molecule has 6 nitrogen and oxygen atoms in total. The number of nitrogens with zero attached hydrogens (tertiary/aromatic N) is 2. The van der Waals surface area contributed by atoms with Gasteiger partial charge in [-0.3, -0.25) is 4.90 Å². The van der Waals surface area contributed by atoms with Crippen LogP contribution in [0.15, 0.2) is 48.5 Å². The Bertz CT molecular complexity index is 1120. The van der Waals surface area contributed by atoms with Crippen molar-refractivity contribution < 1.29 is 18.3 Å². The molecule has 0 saturated carbocycles. The second-order valence-corrected chi connectivity index (χ2v) is 10.9. The number of fused-ring (bicyclic) bond motifs is 1. The van der Waals surface area contributed by atoms with Gasteiger partial charge in [0.15, 0.2) is 0 Å². The van der Waals surface area contributed by atoms with Crippen LogP contribution >= 0.6 is 0 Å². The van der Waals surface area contributed by atoms with Crippen LogP contribution in [0, 0.1) is 11.8 Å². The molecule has 0 spiro atoms. The molecule has 2 aromatic rings. The van der Waals surface area contributed by atoms with Gasteiger partial charge in [-0.1, -0.05) is 36.1 Å². The Hall–Kier alpha value is -2.37. The summed E-state index contributed by atoms with van der Waals surface area (Å²) in [5, 5.41) is 10.1. The highest BCUT2D eigenvalue weighted by Gasteiger charge is 2.49. The van der Waals surface area contributed by atoms with E-state index in [1.165, 1.54) is 0 Å². The SMILES string of the molecule is CCS(=O)(=O)N1CCCCN2[C@@H](CO)[C@@H](c3ccc(C#Cc4ccccc4OC)cc3)[C@@H]2C1. The minimum atomic E-state index is -3.24. The van der Waals surface area contributed by atoms with Gasteiger partial charge in [0.1, 0.15) is 5.75 Å².